The summed E-state index contributed by atoms with van der Waals surface area (Å²) in [6, 6.07) is 11.6. The van der Waals surface area contributed by atoms with Crippen molar-refractivity contribution in [3.63, 3.8) is 0 Å². The molecule has 176 valence electrons. The van der Waals surface area contributed by atoms with E-state index in [1.54, 1.807) is 38.1 Å². The normalized spacial score (nSPS) is 12.2. The van der Waals surface area contributed by atoms with Crippen molar-refractivity contribution in [3.8, 4) is 23.1 Å². The van der Waals surface area contributed by atoms with Crippen LogP contribution in [0.5, 0.6) is 6.01 Å². The maximum atomic E-state index is 12.9. The van der Waals surface area contributed by atoms with Crippen LogP contribution >= 0.6 is 11.6 Å². The van der Waals surface area contributed by atoms with E-state index < -0.39 is 17.2 Å². The quantitative estimate of drug-likeness (QED) is 0.425. The number of hydrogen-bond donors (Lipinski definition) is 1. The lowest BCUT2D eigenvalue weighted by molar-refractivity contribution is -0.137. The highest BCUT2D eigenvalue weighted by Gasteiger charge is 2.30. The van der Waals surface area contributed by atoms with E-state index in [2.05, 4.69) is 15.4 Å². The van der Waals surface area contributed by atoms with Gasteiger partial charge in [-0.1, -0.05) is 12.1 Å². The van der Waals surface area contributed by atoms with Crippen molar-refractivity contribution in [3.05, 3.63) is 54.1 Å². The van der Waals surface area contributed by atoms with Crippen LogP contribution < -0.4 is 10.1 Å². The first-order valence-corrected chi connectivity index (χ1v) is 10.7. The first-order chi connectivity index (χ1) is 15.4. The van der Waals surface area contributed by atoms with Crippen LogP contribution in [0.1, 0.15) is 33.3 Å². The van der Waals surface area contributed by atoms with Gasteiger partial charge in [-0.05, 0) is 64.1 Å². The number of hydrogen-bond acceptors (Lipinski definition) is 4. The zero-order valence-corrected chi connectivity index (χ0v) is 19.3. The Morgan fingerprint density at radius 2 is 1.70 bits per heavy atom. The Labute approximate surface area is 194 Å². The van der Waals surface area contributed by atoms with Crippen molar-refractivity contribution in [2.75, 3.05) is 11.2 Å². The van der Waals surface area contributed by atoms with Crippen molar-refractivity contribution >= 4 is 23.2 Å². The Balaban J connectivity index is 1.95. The molecule has 0 unspecified atom stereocenters. The number of rotatable bonds is 7. The molecule has 10 heteroatoms. The number of anilines is 1. The van der Waals surface area contributed by atoms with Gasteiger partial charge >= 0.3 is 12.2 Å². The molecule has 1 aromatic heterocycles. The first kappa shape index (κ1) is 24.6. The lowest BCUT2D eigenvalue weighted by atomic mass is 9.95. The number of carbonyl (C=O) groups excluding carboxylic acids is 1. The van der Waals surface area contributed by atoms with E-state index in [1.165, 1.54) is 16.8 Å². The highest BCUT2D eigenvalue weighted by molar-refractivity contribution is 6.20. The molecule has 3 rings (SSSR count). The van der Waals surface area contributed by atoms with Crippen molar-refractivity contribution in [1.29, 1.82) is 0 Å². The van der Waals surface area contributed by atoms with Crippen LogP contribution in [0.25, 0.3) is 17.1 Å². The van der Waals surface area contributed by atoms with E-state index in [9.17, 15) is 18.0 Å². The molecule has 2 aromatic carbocycles. The molecular formula is C23H24ClF3N4O2. The third kappa shape index (κ3) is 5.84. The summed E-state index contributed by atoms with van der Waals surface area (Å²) < 4.78 is 45.9. The zero-order chi connectivity index (χ0) is 24.4. The van der Waals surface area contributed by atoms with Crippen molar-refractivity contribution in [1.82, 2.24) is 14.8 Å². The average molecular weight is 481 g/mol. The second-order valence-electron chi connectivity index (χ2n) is 8.39. The molecule has 1 heterocycles. The second-order valence-corrected chi connectivity index (χ2v) is 8.66. The highest BCUT2D eigenvalue weighted by Crippen LogP contribution is 2.32. The largest absolute Gasteiger partial charge is 0.460 e. The van der Waals surface area contributed by atoms with E-state index in [1.807, 2.05) is 13.8 Å². The van der Waals surface area contributed by atoms with E-state index in [0.29, 0.717) is 22.8 Å². The predicted octanol–water partition coefficient (Wildman–Crippen LogP) is 5.94. The summed E-state index contributed by atoms with van der Waals surface area (Å²) in [5.41, 5.74) is 0.110. The maximum Gasteiger partial charge on any atom is 0.416 e. The molecule has 0 bridgehead atoms. The van der Waals surface area contributed by atoms with Gasteiger partial charge in [0.15, 0.2) is 5.82 Å². The Kier molecular flexibility index (Phi) is 7.02. The van der Waals surface area contributed by atoms with E-state index in [0.717, 1.165) is 12.1 Å². The number of aromatic nitrogens is 3. The Morgan fingerprint density at radius 3 is 2.21 bits per heavy atom. The number of nitrogens with zero attached hydrogens (tertiary/aromatic N) is 3. The third-order valence-electron chi connectivity index (χ3n) is 4.72. The SMILES string of the molecule is CC(C)Oc1nc(-c2ccc(C(F)(F)F)cc2)n(-c2ccc(NC(=O)C(C)(C)CCl)cc2)n1. The molecule has 1 amide bonds. The Hall–Kier alpha value is -3.07. The van der Waals surface area contributed by atoms with E-state index >= 15 is 0 Å². The lowest BCUT2D eigenvalue weighted by Crippen LogP contribution is -2.32. The highest BCUT2D eigenvalue weighted by atomic mass is 35.5. The van der Waals surface area contributed by atoms with Gasteiger partial charge in [0.25, 0.3) is 0 Å². The first-order valence-electron chi connectivity index (χ1n) is 10.2. The minimum absolute atomic E-state index is 0.0983. The van der Waals surface area contributed by atoms with Gasteiger partial charge in [0, 0.05) is 17.1 Å². The predicted molar refractivity (Wildman–Crippen MR) is 121 cm³/mol. The molecule has 0 aliphatic heterocycles. The summed E-state index contributed by atoms with van der Waals surface area (Å²) in [5.74, 6) is 0.272. The van der Waals surface area contributed by atoms with Gasteiger partial charge in [-0.3, -0.25) is 4.79 Å². The number of alkyl halides is 4. The minimum atomic E-state index is -4.43. The molecule has 6 nitrogen and oxygen atoms in total. The van der Waals surface area contributed by atoms with Crippen LogP contribution in [-0.2, 0) is 11.0 Å². The van der Waals surface area contributed by atoms with Gasteiger partial charge in [0.05, 0.1) is 22.8 Å². The van der Waals surface area contributed by atoms with Gasteiger partial charge in [-0.2, -0.15) is 18.2 Å². The molecule has 0 aliphatic carbocycles. The summed E-state index contributed by atoms with van der Waals surface area (Å²) >= 11 is 5.85. The fraction of sp³-hybridized carbons (Fsp3) is 0.348. The summed E-state index contributed by atoms with van der Waals surface area (Å²) in [6.45, 7) is 7.12. The standard InChI is InChI=1S/C23H24ClF3N4O2/c1-14(2)33-21-29-19(15-5-7-16(8-6-15)23(25,26)27)31(30-21)18-11-9-17(10-12-18)28-20(32)22(3,4)13-24/h5-12,14H,13H2,1-4H3,(H,28,32). The van der Waals surface area contributed by atoms with Crippen LogP contribution in [0.2, 0.25) is 0 Å². The zero-order valence-electron chi connectivity index (χ0n) is 18.6. The Morgan fingerprint density at radius 1 is 1.09 bits per heavy atom. The average Bonchev–Trinajstić information content (AvgIpc) is 3.16. The number of ether oxygens (including phenoxy) is 1. The molecule has 0 atom stereocenters. The van der Waals surface area contributed by atoms with Gasteiger partial charge in [-0.15, -0.1) is 16.7 Å². The number of benzene rings is 2. The fourth-order valence-electron chi connectivity index (χ4n) is 2.78. The fourth-order valence-corrected chi connectivity index (χ4v) is 2.90. The van der Waals surface area contributed by atoms with E-state index in [-0.39, 0.29) is 23.9 Å². The summed E-state index contributed by atoms with van der Waals surface area (Å²) in [5, 5.41) is 7.18. The second kappa shape index (κ2) is 9.43. The molecule has 0 aliphatic rings. The van der Waals surface area contributed by atoms with Crippen molar-refractivity contribution in [2.24, 2.45) is 5.41 Å². The summed E-state index contributed by atoms with van der Waals surface area (Å²) in [7, 11) is 0. The Bertz CT molecular complexity index is 1110. The van der Waals surface area contributed by atoms with Crippen LogP contribution in [0.4, 0.5) is 18.9 Å². The molecule has 0 fully saturated rings. The lowest BCUT2D eigenvalue weighted by Gasteiger charge is -2.20. The topological polar surface area (TPSA) is 69.0 Å². The smallest absolute Gasteiger partial charge is 0.416 e. The molecule has 0 radical (unpaired) electrons. The van der Waals surface area contributed by atoms with Crippen molar-refractivity contribution < 1.29 is 22.7 Å². The molecule has 33 heavy (non-hydrogen) atoms. The number of carbonyl (C=O) groups is 1. The monoisotopic (exact) mass is 480 g/mol. The molecular weight excluding hydrogens is 457 g/mol. The molecule has 0 saturated carbocycles. The van der Waals surface area contributed by atoms with Crippen LogP contribution in [-0.4, -0.2) is 32.7 Å². The molecule has 1 N–H and O–H groups in total. The number of amides is 1. The van der Waals surface area contributed by atoms with Gasteiger partial charge < -0.3 is 10.1 Å². The van der Waals surface area contributed by atoms with Crippen molar-refractivity contribution in [2.45, 2.75) is 40.0 Å². The number of halogens is 4. The van der Waals surface area contributed by atoms with Gasteiger partial charge in [0.2, 0.25) is 5.91 Å². The minimum Gasteiger partial charge on any atom is -0.460 e. The molecule has 0 spiro atoms. The molecule has 0 saturated heterocycles. The third-order valence-corrected chi connectivity index (χ3v) is 5.39. The van der Waals surface area contributed by atoms with E-state index in [4.69, 9.17) is 16.3 Å². The van der Waals surface area contributed by atoms with Crippen LogP contribution in [0.15, 0.2) is 48.5 Å². The number of nitrogens with one attached hydrogen (secondary N) is 1. The molecule has 3 aromatic rings. The van der Waals surface area contributed by atoms with Crippen LogP contribution in [0, 0.1) is 5.41 Å². The van der Waals surface area contributed by atoms with Crippen LogP contribution in [0.3, 0.4) is 0 Å². The maximum absolute atomic E-state index is 12.9. The summed E-state index contributed by atoms with van der Waals surface area (Å²) in [6.07, 6.45) is -4.62. The van der Waals surface area contributed by atoms with Gasteiger partial charge in [0.1, 0.15) is 0 Å². The van der Waals surface area contributed by atoms with Gasteiger partial charge in [-0.25, -0.2) is 4.68 Å². The summed E-state index contributed by atoms with van der Waals surface area (Å²) in [4.78, 5) is 16.7.